The Kier molecular flexibility index (Phi) is 8.94. The van der Waals surface area contributed by atoms with Crippen molar-refractivity contribution >= 4 is 35.0 Å². The lowest BCUT2D eigenvalue weighted by atomic mass is 9.95. The molecule has 7 heteroatoms. The van der Waals surface area contributed by atoms with E-state index in [-0.39, 0.29) is 36.6 Å². The molecule has 4 nitrogen and oxygen atoms in total. The van der Waals surface area contributed by atoms with Gasteiger partial charge in [-0.25, -0.2) is 4.39 Å². The third-order valence-electron chi connectivity index (χ3n) is 5.94. The summed E-state index contributed by atoms with van der Waals surface area (Å²) >= 11 is 12.1. The summed E-state index contributed by atoms with van der Waals surface area (Å²) in [7, 11) is 0. The zero-order valence-corrected chi connectivity index (χ0v) is 19.8. The van der Waals surface area contributed by atoms with Crippen LogP contribution in [0.15, 0.2) is 42.5 Å². The van der Waals surface area contributed by atoms with E-state index >= 15 is 0 Å². The fourth-order valence-electron chi connectivity index (χ4n) is 4.18. The quantitative estimate of drug-likeness (QED) is 0.510. The van der Waals surface area contributed by atoms with E-state index in [2.05, 4.69) is 5.32 Å². The molecule has 172 valence electrons. The second-order valence-electron chi connectivity index (χ2n) is 8.34. The van der Waals surface area contributed by atoms with Gasteiger partial charge in [-0.3, -0.25) is 9.59 Å². The van der Waals surface area contributed by atoms with Gasteiger partial charge < -0.3 is 10.2 Å². The second kappa shape index (κ2) is 11.7. The van der Waals surface area contributed by atoms with Gasteiger partial charge in [0.1, 0.15) is 11.9 Å². The molecular weight excluding hydrogens is 450 g/mol. The van der Waals surface area contributed by atoms with E-state index < -0.39 is 6.04 Å². The standard InChI is InChI=1S/C25H29Cl2FN2O2/c1-2-23(25(32)29-20-6-4-3-5-7-20)30(16-17-8-11-19(28)12-9-17)24(31)15-18-10-13-21(26)22(27)14-18/h8-14,20,23H,2-7,15-16H2,1H3,(H,29,32)/t23-/m0/s1. The number of rotatable bonds is 8. The summed E-state index contributed by atoms with van der Waals surface area (Å²) in [5, 5.41) is 3.95. The Bertz CT molecular complexity index is 930. The van der Waals surface area contributed by atoms with Gasteiger partial charge in [0.25, 0.3) is 0 Å². The van der Waals surface area contributed by atoms with E-state index in [0.29, 0.717) is 16.5 Å². The number of benzene rings is 2. The maximum Gasteiger partial charge on any atom is 0.243 e. The van der Waals surface area contributed by atoms with Crippen molar-refractivity contribution in [2.75, 3.05) is 0 Å². The summed E-state index contributed by atoms with van der Waals surface area (Å²) in [6.07, 6.45) is 5.92. The molecule has 1 atom stereocenters. The Labute approximate surface area is 199 Å². The Morgan fingerprint density at radius 1 is 1.03 bits per heavy atom. The maximum atomic E-state index is 13.4. The van der Waals surface area contributed by atoms with Crippen LogP contribution in [0.1, 0.15) is 56.6 Å². The number of carbonyl (C=O) groups excluding carboxylic acids is 2. The largest absolute Gasteiger partial charge is 0.352 e. The van der Waals surface area contributed by atoms with Crippen molar-refractivity contribution < 1.29 is 14.0 Å². The topological polar surface area (TPSA) is 49.4 Å². The van der Waals surface area contributed by atoms with Crippen LogP contribution in [0.2, 0.25) is 10.0 Å². The molecule has 1 aliphatic rings. The highest BCUT2D eigenvalue weighted by atomic mass is 35.5. The lowest BCUT2D eigenvalue weighted by Gasteiger charge is -2.33. The highest BCUT2D eigenvalue weighted by Crippen LogP contribution is 2.24. The van der Waals surface area contributed by atoms with Crippen LogP contribution < -0.4 is 5.32 Å². The predicted octanol–water partition coefficient (Wildman–Crippen LogP) is 5.93. The highest BCUT2D eigenvalue weighted by Gasteiger charge is 2.30. The van der Waals surface area contributed by atoms with Crippen molar-refractivity contribution in [3.05, 3.63) is 69.5 Å². The molecule has 32 heavy (non-hydrogen) atoms. The molecule has 3 rings (SSSR count). The van der Waals surface area contributed by atoms with Gasteiger partial charge in [0.15, 0.2) is 0 Å². The molecule has 0 saturated heterocycles. The van der Waals surface area contributed by atoms with Gasteiger partial charge in [-0.05, 0) is 54.7 Å². The monoisotopic (exact) mass is 478 g/mol. The number of nitrogens with one attached hydrogen (secondary N) is 1. The Morgan fingerprint density at radius 2 is 1.69 bits per heavy atom. The zero-order valence-electron chi connectivity index (χ0n) is 18.3. The highest BCUT2D eigenvalue weighted by molar-refractivity contribution is 6.42. The molecule has 1 aliphatic carbocycles. The van der Waals surface area contributed by atoms with Crippen molar-refractivity contribution in [1.29, 1.82) is 0 Å². The molecule has 0 bridgehead atoms. The summed E-state index contributed by atoms with van der Waals surface area (Å²) < 4.78 is 13.4. The fraction of sp³-hybridized carbons (Fsp3) is 0.440. The van der Waals surface area contributed by atoms with Crippen LogP contribution in [-0.2, 0) is 22.6 Å². The average Bonchev–Trinajstić information content (AvgIpc) is 2.78. The van der Waals surface area contributed by atoms with Crippen LogP contribution in [0.4, 0.5) is 4.39 Å². The van der Waals surface area contributed by atoms with E-state index in [9.17, 15) is 14.0 Å². The first-order chi connectivity index (χ1) is 15.4. The first kappa shape index (κ1) is 24.5. The van der Waals surface area contributed by atoms with E-state index in [1.807, 2.05) is 6.92 Å². The summed E-state index contributed by atoms with van der Waals surface area (Å²) in [6, 6.07) is 10.6. The molecule has 2 aromatic carbocycles. The van der Waals surface area contributed by atoms with Crippen molar-refractivity contribution in [3.8, 4) is 0 Å². The van der Waals surface area contributed by atoms with Crippen LogP contribution in [0.3, 0.4) is 0 Å². The number of nitrogens with zero attached hydrogens (tertiary/aromatic N) is 1. The van der Waals surface area contributed by atoms with Crippen molar-refractivity contribution in [2.45, 2.75) is 70.5 Å². The Hall–Kier alpha value is -2.11. The summed E-state index contributed by atoms with van der Waals surface area (Å²) in [4.78, 5) is 28.1. The van der Waals surface area contributed by atoms with E-state index in [0.717, 1.165) is 36.8 Å². The molecule has 0 heterocycles. The van der Waals surface area contributed by atoms with E-state index in [1.165, 1.54) is 18.6 Å². The fourth-order valence-corrected chi connectivity index (χ4v) is 4.50. The van der Waals surface area contributed by atoms with Crippen LogP contribution >= 0.6 is 23.2 Å². The Balaban J connectivity index is 1.81. The molecule has 0 spiro atoms. The molecule has 0 aliphatic heterocycles. The lowest BCUT2D eigenvalue weighted by Crippen LogP contribution is -2.51. The minimum absolute atomic E-state index is 0.0886. The van der Waals surface area contributed by atoms with Crippen molar-refractivity contribution in [2.24, 2.45) is 0 Å². The molecule has 1 fully saturated rings. The molecule has 1 N–H and O–H groups in total. The van der Waals surface area contributed by atoms with Gasteiger partial charge in [-0.1, -0.05) is 67.6 Å². The average molecular weight is 479 g/mol. The van der Waals surface area contributed by atoms with E-state index in [4.69, 9.17) is 23.2 Å². The molecule has 0 radical (unpaired) electrons. The van der Waals surface area contributed by atoms with Gasteiger partial charge in [0, 0.05) is 12.6 Å². The predicted molar refractivity (Wildman–Crippen MR) is 126 cm³/mol. The molecular formula is C25H29Cl2FN2O2. The number of hydrogen-bond acceptors (Lipinski definition) is 2. The SMILES string of the molecule is CC[C@@H](C(=O)NC1CCCCC1)N(Cc1ccc(F)cc1)C(=O)Cc1ccc(Cl)c(Cl)c1. The summed E-state index contributed by atoms with van der Waals surface area (Å²) in [5.74, 6) is -0.674. The Morgan fingerprint density at radius 3 is 2.31 bits per heavy atom. The lowest BCUT2D eigenvalue weighted by molar-refractivity contribution is -0.141. The minimum Gasteiger partial charge on any atom is -0.352 e. The van der Waals surface area contributed by atoms with Crippen molar-refractivity contribution in [1.82, 2.24) is 10.2 Å². The first-order valence-corrected chi connectivity index (χ1v) is 11.9. The molecule has 1 saturated carbocycles. The van der Waals surface area contributed by atoms with E-state index in [1.54, 1.807) is 35.2 Å². The molecule has 0 aromatic heterocycles. The third kappa shape index (κ3) is 6.69. The van der Waals surface area contributed by atoms with Crippen LogP contribution in [-0.4, -0.2) is 28.8 Å². The zero-order chi connectivity index (χ0) is 23.1. The minimum atomic E-state index is -0.614. The van der Waals surface area contributed by atoms with Gasteiger partial charge >= 0.3 is 0 Å². The third-order valence-corrected chi connectivity index (χ3v) is 6.68. The number of carbonyl (C=O) groups is 2. The van der Waals surface area contributed by atoms with Gasteiger partial charge in [-0.2, -0.15) is 0 Å². The molecule has 2 amide bonds. The number of hydrogen-bond donors (Lipinski definition) is 1. The van der Waals surface area contributed by atoms with Crippen LogP contribution in [0.25, 0.3) is 0 Å². The number of halogens is 3. The number of amides is 2. The smallest absolute Gasteiger partial charge is 0.243 e. The van der Waals surface area contributed by atoms with Gasteiger partial charge in [0.2, 0.25) is 11.8 Å². The van der Waals surface area contributed by atoms with Crippen LogP contribution in [0.5, 0.6) is 0 Å². The summed E-state index contributed by atoms with van der Waals surface area (Å²) in [5.41, 5.74) is 1.48. The van der Waals surface area contributed by atoms with Gasteiger partial charge in [-0.15, -0.1) is 0 Å². The maximum absolute atomic E-state index is 13.4. The normalized spacial score (nSPS) is 15.2. The van der Waals surface area contributed by atoms with Crippen LogP contribution in [0, 0.1) is 5.82 Å². The molecule has 0 unspecified atom stereocenters. The summed E-state index contributed by atoms with van der Waals surface area (Å²) in [6.45, 7) is 2.12. The first-order valence-electron chi connectivity index (χ1n) is 11.2. The van der Waals surface area contributed by atoms with Crippen molar-refractivity contribution in [3.63, 3.8) is 0 Å². The molecule has 2 aromatic rings. The van der Waals surface area contributed by atoms with Gasteiger partial charge in [0.05, 0.1) is 16.5 Å². The second-order valence-corrected chi connectivity index (χ2v) is 9.16.